The number of rotatable bonds is 2. The lowest BCUT2D eigenvalue weighted by Gasteiger charge is -2.27. The Morgan fingerprint density at radius 3 is 2.74 bits per heavy atom. The van der Waals surface area contributed by atoms with Gasteiger partial charge in [0, 0.05) is 10.5 Å². The van der Waals surface area contributed by atoms with Gasteiger partial charge >= 0.3 is 0 Å². The van der Waals surface area contributed by atoms with Crippen molar-refractivity contribution in [1.82, 2.24) is 0 Å². The Morgan fingerprint density at radius 2 is 2.11 bits per heavy atom. The van der Waals surface area contributed by atoms with Crippen LogP contribution in [0.3, 0.4) is 0 Å². The first-order valence-corrected chi connectivity index (χ1v) is 7.75. The number of hydrogen-bond donors (Lipinski definition) is 2. The van der Waals surface area contributed by atoms with Gasteiger partial charge in [0.25, 0.3) is 0 Å². The van der Waals surface area contributed by atoms with Crippen LogP contribution in [0.25, 0.3) is 0 Å². The molecule has 2 aliphatic rings. The average molecular weight is 344 g/mol. The summed E-state index contributed by atoms with van der Waals surface area (Å²) in [6.45, 7) is 0. The van der Waals surface area contributed by atoms with Crippen molar-refractivity contribution < 1.29 is 4.79 Å². The number of anilines is 1. The third kappa shape index (κ3) is 2.41. The number of nitrogens with two attached hydrogens (primary N) is 1. The maximum Gasteiger partial charge on any atom is 0.229 e. The molecule has 2 saturated carbocycles. The van der Waals surface area contributed by atoms with E-state index in [1.165, 1.54) is 6.42 Å². The van der Waals surface area contributed by atoms with Crippen LogP contribution in [-0.4, -0.2) is 11.9 Å². The van der Waals surface area contributed by atoms with Gasteiger partial charge in [0.1, 0.15) is 0 Å². The first kappa shape index (κ1) is 13.4. The third-order valence-corrected chi connectivity index (χ3v) is 5.28. The number of fused-ring (bicyclic) bond motifs is 2. The molecule has 5 heteroatoms. The predicted molar refractivity (Wildman–Crippen MR) is 80.1 cm³/mol. The minimum Gasteiger partial charge on any atom is -0.327 e. The third-order valence-electron chi connectivity index (χ3n) is 4.47. The summed E-state index contributed by atoms with van der Waals surface area (Å²) in [7, 11) is 0. The SMILES string of the molecule is NC1C2CCC(C2)C1C(=O)Nc1ccc(Br)cc1Cl. The molecule has 2 aliphatic carbocycles. The minimum absolute atomic E-state index is 0.00738. The summed E-state index contributed by atoms with van der Waals surface area (Å²) in [6, 6.07) is 5.45. The molecule has 102 valence electrons. The van der Waals surface area contributed by atoms with Crippen LogP contribution in [0.5, 0.6) is 0 Å². The highest BCUT2D eigenvalue weighted by Crippen LogP contribution is 2.48. The monoisotopic (exact) mass is 342 g/mol. The van der Waals surface area contributed by atoms with Crippen LogP contribution < -0.4 is 11.1 Å². The van der Waals surface area contributed by atoms with Crippen LogP contribution >= 0.6 is 27.5 Å². The van der Waals surface area contributed by atoms with E-state index >= 15 is 0 Å². The molecule has 3 nitrogen and oxygen atoms in total. The van der Waals surface area contributed by atoms with Crippen LogP contribution in [0, 0.1) is 17.8 Å². The number of carbonyl (C=O) groups is 1. The van der Waals surface area contributed by atoms with Crippen molar-refractivity contribution in [2.45, 2.75) is 25.3 Å². The molecule has 0 saturated heterocycles. The Labute approximate surface area is 126 Å². The Kier molecular flexibility index (Phi) is 3.58. The largest absolute Gasteiger partial charge is 0.327 e. The lowest BCUT2D eigenvalue weighted by atomic mass is 9.84. The highest BCUT2D eigenvalue weighted by molar-refractivity contribution is 9.10. The summed E-state index contributed by atoms with van der Waals surface area (Å²) in [5.74, 6) is 0.942. The molecule has 2 bridgehead atoms. The zero-order valence-corrected chi connectivity index (χ0v) is 12.7. The molecule has 1 aromatic rings. The van der Waals surface area contributed by atoms with E-state index in [0.29, 0.717) is 22.5 Å². The summed E-state index contributed by atoms with van der Waals surface area (Å²) in [5, 5.41) is 3.46. The standard InChI is InChI=1S/C14H16BrClN2O/c15-9-3-4-11(10(16)6-9)18-14(19)12-7-1-2-8(5-7)13(12)17/h3-4,6-8,12-13H,1-2,5,17H2,(H,18,19). The zero-order chi connectivity index (χ0) is 13.6. The smallest absolute Gasteiger partial charge is 0.229 e. The molecule has 0 heterocycles. The van der Waals surface area contributed by atoms with Crippen molar-refractivity contribution in [1.29, 1.82) is 0 Å². The highest BCUT2D eigenvalue weighted by atomic mass is 79.9. The van der Waals surface area contributed by atoms with Gasteiger partial charge in [-0.15, -0.1) is 0 Å². The van der Waals surface area contributed by atoms with E-state index in [2.05, 4.69) is 21.2 Å². The quantitative estimate of drug-likeness (QED) is 0.864. The molecule has 4 atom stereocenters. The fourth-order valence-corrected chi connectivity index (χ4v) is 4.25. The fourth-order valence-electron chi connectivity index (χ4n) is 3.53. The van der Waals surface area contributed by atoms with Crippen LogP contribution in [0.1, 0.15) is 19.3 Å². The lowest BCUT2D eigenvalue weighted by molar-refractivity contribution is -0.121. The molecule has 0 aliphatic heterocycles. The summed E-state index contributed by atoms with van der Waals surface area (Å²) in [6.07, 6.45) is 3.41. The molecular formula is C14H16BrClN2O. The van der Waals surface area contributed by atoms with Crippen LogP contribution in [0.2, 0.25) is 5.02 Å². The molecule has 1 amide bonds. The maximum atomic E-state index is 12.4. The van der Waals surface area contributed by atoms with Crippen molar-refractivity contribution in [3.63, 3.8) is 0 Å². The molecule has 0 spiro atoms. The summed E-state index contributed by atoms with van der Waals surface area (Å²) < 4.78 is 0.895. The van der Waals surface area contributed by atoms with Crippen molar-refractivity contribution in [2.24, 2.45) is 23.5 Å². The van der Waals surface area contributed by atoms with Gasteiger partial charge in [-0.2, -0.15) is 0 Å². The van der Waals surface area contributed by atoms with Gasteiger partial charge in [0.2, 0.25) is 5.91 Å². The number of carbonyl (C=O) groups excluding carboxylic acids is 1. The molecule has 19 heavy (non-hydrogen) atoms. The molecule has 3 N–H and O–H groups in total. The van der Waals surface area contributed by atoms with Crippen LogP contribution in [0.15, 0.2) is 22.7 Å². The minimum atomic E-state index is -0.0570. The molecule has 1 aromatic carbocycles. The van der Waals surface area contributed by atoms with E-state index in [1.807, 2.05) is 12.1 Å². The van der Waals surface area contributed by atoms with Gasteiger partial charge < -0.3 is 11.1 Å². The molecule has 4 unspecified atom stereocenters. The number of benzene rings is 1. The highest BCUT2D eigenvalue weighted by Gasteiger charge is 2.49. The van der Waals surface area contributed by atoms with E-state index < -0.39 is 0 Å². The fraction of sp³-hybridized carbons (Fsp3) is 0.500. The molecule has 0 aromatic heterocycles. The number of amides is 1. The molecular weight excluding hydrogens is 328 g/mol. The van der Waals surface area contributed by atoms with Gasteiger partial charge in [-0.25, -0.2) is 0 Å². The number of halogens is 2. The Bertz CT molecular complexity index is 520. The lowest BCUT2D eigenvalue weighted by Crippen LogP contribution is -2.42. The summed E-state index contributed by atoms with van der Waals surface area (Å²) in [4.78, 5) is 12.4. The van der Waals surface area contributed by atoms with Gasteiger partial charge in [0.05, 0.1) is 16.6 Å². The van der Waals surface area contributed by atoms with Gasteiger partial charge in [-0.3, -0.25) is 4.79 Å². The van der Waals surface area contributed by atoms with Crippen molar-refractivity contribution in [3.05, 3.63) is 27.7 Å². The normalized spacial score (nSPS) is 32.6. The van der Waals surface area contributed by atoms with E-state index in [1.54, 1.807) is 6.07 Å². The molecule has 0 radical (unpaired) electrons. The van der Waals surface area contributed by atoms with E-state index in [4.69, 9.17) is 17.3 Å². The Hall–Kier alpha value is -0.580. The van der Waals surface area contributed by atoms with E-state index in [9.17, 15) is 4.79 Å². The van der Waals surface area contributed by atoms with Gasteiger partial charge in [0.15, 0.2) is 0 Å². The Morgan fingerprint density at radius 1 is 1.37 bits per heavy atom. The van der Waals surface area contributed by atoms with Crippen molar-refractivity contribution in [3.8, 4) is 0 Å². The topological polar surface area (TPSA) is 55.1 Å². The predicted octanol–water partition coefficient (Wildman–Crippen LogP) is 3.41. The van der Waals surface area contributed by atoms with Crippen molar-refractivity contribution in [2.75, 3.05) is 5.32 Å². The number of hydrogen-bond acceptors (Lipinski definition) is 2. The van der Waals surface area contributed by atoms with E-state index in [0.717, 1.165) is 17.3 Å². The number of nitrogens with one attached hydrogen (secondary N) is 1. The van der Waals surface area contributed by atoms with Gasteiger partial charge in [-0.1, -0.05) is 27.5 Å². The van der Waals surface area contributed by atoms with Crippen molar-refractivity contribution >= 4 is 39.1 Å². The van der Waals surface area contributed by atoms with Crippen LogP contribution in [-0.2, 0) is 4.79 Å². The summed E-state index contributed by atoms with van der Waals surface area (Å²) in [5.41, 5.74) is 6.84. The van der Waals surface area contributed by atoms with Gasteiger partial charge in [-0.05, 0) is 49.3 Å². The maximum absolute atomic E-state index is 12.4. The second kappa shape index (κ2) is 5.08. The first-order valence-electron chi connectivity index (χ1n) is 6.58. The average Bonchev–Trinajstić information content (AvgIpc) is 2.93. The van der Waals surface area contributed by atoms with Crippen LogP contribution in [0.4, 0.5) is 5.69 Å². The second-order valence-electron chi connectivity index (χ2n) is 5.55. The summed E-state index contributed by atoms with van der Waals surface area (Å²) >= 11 is 9.47. The first-order chi connectivity index (χ1) is 9.06. The zero-order valence-electron chi connectivity index (χ0n) is 10.4. The Balaban J connectivity index is 1.75. The second-order valence-corrected chi connectivity index (χ2v) is 6.87. The van der Waals surface area contributed by atoms with E-state index in [-0.39, 0.29) is 17.9 Å². The molecule has 2 fully saturated rings. The molecule has 3 rings (SSSR count).